The van der Waals surface area contributed by atoms with Crippen molar-refractivity contribution in [3.63, 3.8) is 0 Å². The summed E-state index contributed by atoms with van der Waals surface area (Å²) in [5.41, 5.74) is 1.25. The van der Waals surface area contributed by atoms with Crippen LogP contribution in [0.4, 0.5) is 17.3 Å². The maximum atomic E-state index is 9.75. The summed E-state index contributed by atoms with van der Waals surface area (Å²) in [5, 5.41) is 2.08. The number of methoxy groups -OCH3 is 1. The number of ether oxygens (including phenoxy) is 1. The summed E-state index contributed by atoms with van der Waals surface area (Å²) in [6, 6.07) is 12.3. The molecule has 0 aliphatic rings. The Hall–Kier alpha value is -1.76. The second kappa shape index (κ2) is 20.3. The fourth-order valence-electron chi connectivity index (χ4n) is 1.20. The average molecular weight is 416 g/mol. The third-order valence-electron chi connectivity index (χ3n) is 1.90. The van der Waals surface area contributed by atoms with E-state index < -0.39 is 7.25 Å². The van der Waals surface area contributed by atoms with Gasteiger partial charge in [0.05, 0.1) is 7.11 Å². The van der Waals surface area contributed by atoms with Crippen molar-refractivity contribution in [2.45, 2.75) is 0 Å². The Balaban J connectivity index is -0.000000157. The summed E-state index contributed by atoms with van der Waals surface area (Å²) >= 11 is 1.75. The van der Waals surface area contributed by atoms with Crippen LogP contribution in [0, 0.1) is 20.0 Å². The molecule has 0 saturated heterocycles. The minimum Gasteiger partial charge on any atom is 2.00 e. The first-order chi connectivity index (χ1) is 11.4. The molecule has 0 fully saturated rings. The summed E-state index contributed by atoms with van der Waals surface area (Å²) in [6.45, 7) is 13.5. The molecule has 2 rings (SSSR count). The van der Waals surface area contributed by atoms with Crippen molar-refractivity contribution in [3.05, 3.63) is 61.7 Å². The van der Waals surface area contributed by atoms with Crippen molar-refractivity contribution in [1.82, 2.24) is 0 Å². The van der Waals surface area contributed by atoms with E-state index in [1.807, 2.05) is 12.1 Å². The Morgan fingerprint density at radius 2 is 1.28 bits per heavy atom. The first-order valence-corrected chi connectivity index (χ1v) is 6.44. The van der Waals surface area contributed by atoms with Crippen LogP contribution in [0.15, 0.2) is 41.8 Å². The van der Waals surface area contributed by atoms with Crippen molar-refractivity contribution >= 4 is 18.6 Å². The van der Waals surface area contributed by atoms with Gasteiger partial charge in [-0.05, 0) is 41.3 Å². The van der Waals surface area contributed by atoms with E-state index in [0.717, 1.165) is 5.75 Å². The Bertz CT molecular complexity index is 563. The van der Waals surface area contributed by atoms with Gasteiger partial charge in [0.25, 0.3) is 0 Å². The molecule has 1 aromatic carbocycles. The van der Waals surface area contributed by atoms with Gasteiger partial charge in [-0.25, -0.2) is 0 Å². The fraction of sp³-hybridized carbons (Fsp3) is 0.0714. The summed E-state index contributed by atoms with van der Waals surface area (Å²) < 4.78 is 66.6. The summed E-state index contributed by atoms with van der Waals surface area (Å²) in [4.78, 5) is 1.29. The zero-order valence-corrected chi connectivity index (χ0v) is 14.5. The molecule has 0 atom stereocenters. The molecule has 4 nitrogen and oxygen atoms in total. The molecule has 1 heterocycles. The van der Waals surface area contributed by atoms with Crippen LogP contribution in [0.3, 0.4) is 0 Å². The van der Waals surface area contributed by atoms with E-state index in [-0.39, 0.29) is 17.1 Å². The van der Waals surface area contributed by atoms with E-state index in [1.165, 1.54) is 10.4 Å². The minimum atomic E-state index is -6.00. The molecule has 0 aliphatic heterocycles. The average Bonchev–Trinajstić information content (AvgIpc) is 3.13. The van der Waals surface area contributed by atoms with Crippen molar-refractivity contribution < 1.29 is 53.0 Å². The Kier molecular flexibility index (Phi) is 25.2. The van der Waals surface area contributed by atoms with Gasteiger partial charge in [0.15, 0.2) is 0 Å². The molecule has 0 saturated carbocycles. The van der Waals surface area contributed by atoms with Crippen LogP contribution in [-0.4, -0.2) is 14.4 Å². The van der Waals surface area contributed by atoms with Crippen molar-refractivity contribution in [1.29, 1.82) is 0 Å². The second-order valence-corrected chi connectivity index (χ2v) is 4.15. The van der Waals surface area contributed by atoms with E-state index in [0.29, 0.717) is 0 Å². The summed E-state index contributed by atoms with van der Waals surface area (Å²) in [7, 11) is -4.32. The number of rotatable bonds is 2. The first-order valence-electron chi connectivity index (χ1n) is 5.56. The van der Waals surface area contributed by atoms with Crippen LogP contribution < -0.4 is 4.74 Å². The van der Waals surface area contributed by atoms with Crippen molar-refractivity contribution in [2.75, 3.05) is 7.11 Å². The molecular weight excluding hydrogens is 406 g/mol. The maximum absolute atomic E-state index is 9.75. The molecular formula is C14H10BF4MnO4S+. The molecule has 0 aliphatic carbocycles. The summed E-state index contributed by atoms with van der Waals surface area (Å²) in [6.07, 6.45) is 0. The van der Waals surface area contributed by atoms with Gasteiger partial charge in [0, 0.05) is 4.88 Å². The van der Waals surface area contributed by atoms with E-state index in [9.17, 15) is 17.3 Å². The molecule has 0 spiro atoms. The molecule has 1 radical (unpaired) electrons. The van der Waals surface area contributed by atoms with Crippen LogP contribution >= 0.6 is 11.3 Å². The number of thiophene rings is 1. The van der Waals surface area contributed by atoms with Gasteiger partial charge >= 0.3 is 58.2 Å². The molecule has 133 valence electrons. The number of benzene rings is 1. The second-order valence-electron chi connectivity index (χ2n) is 3.20. The molecule has 11 heteroatoms. The fourth-order valence-corrected chi connectivity index (χ4v) is 1.93. The number of halogens is 4. The largest absolute Gasteiger partial charge is 2.00 e. The topological polar surface area (TPSA) is 68.9 Å². The Morgan fingerprint density at radius 1 is 0.880 bits per heavy atom. The quantitative estimate of drug-likeness (QED) is 0.305. The van der Waals surface area contributed by atoms with Crippen molar-refractivity contribution in [3.8, 4) is 16.2 Å². The Morgan fingerprint density at radius 3 is 1.56 bits per heavy atom. The van der Waals surface area contributed by atoms with Crippen molar-refractivity contribution in [2.24, 2.45) is 0 Å². The predicted octanol–water partition coefficient (Wildman–Crippen LogP) is 4.61. The van der Waals surface area contributed by atoms with E-state index in [2.05, 4.69) is 49.6 Å². The van der Waals surface area contributed by atoms with E-state index >= 15 is 0 Å². The molecule has 0 unspecified atom stereocenters. The van der Waals surface area contributed by atoms with Crippen LogP contribution in [0.1, 0.15) is 0 Å². The van der Waals surface area contributed by atoms with Gasteiger partial charge in [-0.1, -0.05) is 6.07 Å². The van der Waals surface area contributed by atoms with Gasteiger partial charge < -0.3 is 22.0 Å². The third-order valence-corrected chi connectivity index (χ3v) is 2.81. The van der Waals surface area contributed by atoms with Gasteiger partial charge in [-0.2, -0.15) is 0 Å². The van der Waals surface area contributed by atoms with Gasteiger partial charge in [0.1, 0.15) is 5.75 Å². The normalized spacial score (nSPS) is 7.80. The zero-order chi connectivity index (χ0) is 19.6. The third kappa shape index (κ3) is 20.2. The molecule has 1 aromatic heterocycles. The smallest absolute Gasteiger partial charge is 2.00 e. The van der Waals surface area contributed by atoms with Gasteiger partial charge in [0.2, 0.25) is 0 Å². The van der Waals surface area contributed by atoms with E-state index in [4.69, 9.17) is 18.7 Å². The molecule has 0 N–H and O–H groups in total. The SMILES string of the molecule is COc1ccc(-c2cccs2)cc1.F[B-](F)(F)F.[C-]#[O+].[C-]#[O+].[C-]#[O+].[Mn+2]. The van der Waals surface area contributed by atoms with Crippen LogP contribution in [0.25, 0.3) is 10.4 Å². The molecule has 25 heavy (non-hydrogen) atoms. The van der Waals surface area contributed by atoms with Crippen LogP contribution in [-0.2, 0) is 31.0 Å². The minimum absolute atomic E-state index is 0. The van der Waals surface area contributed by atoms with Gasteiger partial charge in [-0.15, -0.1) is 11.3 Å². The van der Waals surface area contributed by atoms with Crippen LogP contribution in [0.2, 0.25) is 0 Å². The first kappa shape index (κ1) is 31.1. The number of hydrogen-bond acceptors (Lipinski definition) is 2. The Labute approximate surface area is 156 Å². The molecule has 0 bridgehead atoms. The maximum Gasteiger partial charge on any atom is 2.00 e. The molecule has 2 aromatic rings. The number of hydrogen-bond donors (Lipinski definition) is 0. The van der Waals surface area contributed by atoms with Gasteiger partial charge in [-0.3, -0.25) is 0 Å². The monoisotopic (exact) mass is 416 g/mol. The summed E-state index contributed by atoms with van der Waals surface area (Å²) in [5.74, 6) is 0.903. The molecule has 0 amide bonds. The predicted molar refractivity (Wildman–Crippen MR) is 78.3 cm³/mol. The van der Waals surface area contributed by atoms with E-state index in [1.54, 1.807) is 18.4 Å². The zero-order valence-electron chi connectivity index (χ0n) is 12.5. The van der Waals surface area contributed by atoms with Crippen LogP contribution in [0.5, 0.6) is 5.75 Å². The standard InChI is InChI=1S/C11H10OS.3CO.BF4.Mn/c1-12-10-6-4-9(5-7-10)11-3-2-8-13-11;3*1-2;2-1(3,4)5;/h2-8H,1H3;;;;;/q;;;;-1;+2.